The Morgan fingerprint density at radius 3 is 2.65 bits per heavy atom. The molecule has 0 spiro atoms. The molecule has 0 heterocycles. The van der Waals surface area contributed by atoms with E-state index in [2.05, 4.69) is 16.6 Å². The van der Waals surface area contributed by atoms with E-state index in [1.807, 2.05) is 6.92 Å². The Hall–Kier alpha value is -1.53. The molecule has 0 radical (unpaired) electrons. The van der Waals surface area contributed by atoms with Gasteiger partial charge in [0, 0.05) is 11.7 Å². The molecule has 0 aliphatic carbocycles. The minimum Gasteiger partial charge on any atom is -0.399 e. The van der Waals surface area contributed by atoms with Crippen LogP contribution < -0.4 is 15.8 Å². The number of anilines is 2. The van der Waals surface area contributed by atoms with Gasteiger partial charge in [-0.3, -0.25) is 0 Å². The molecule has 0 bridgehead atoms. The molecule has 1 aromatic carbocycles. The van der Waals surface area contributed by atoms with Gasteiger partial charge in [0.2, 0.25) is 10.0 Å². The molecule has 0 aromatic heterocycles. The Kier molecular flexibility index (Phi) is 4.14. The summed E-state index contributed by atoms with van der Waals surface area (Å²) >= 11 is 0. The van der Waals surface area contributed by atoms with E-state index < -0.39 is 10.0 Å². The fraction of sp³-hybridized carbons (Fsp3) is 0.273. The maximum absolute atomic E-state index is 11.8. The van der Waals surface area contributed by atoms with Crippen LogP contribution in [0.15, 0.2) is 35.7 Å². The lowest BCUT2D eigenvalue weighted by atomic mass is 10.2. The fourth-order valence-corrected chi connectivity index (χ4v) is 2.22. The van der Waals surface area contributed by atoms with E-state index in [9.17, 15) is 8.42 Å². The summed E-state index contributed by atoms with van der Waals surface area (Å²) < 4.78 is 25.9. The summed E-state index contributed by atoms with van der Waals surface area (Å²) in [5.74, 6) is 0. The van der Waals surface area contributed by atoms with E-state index in [0.29, 0.717) is 11.4 Å². The number of hydrogen-bond donors (Lipinski definition) is 3. The maximum atomic E-state index is 11.8. The molecule has 5 nitrogen and oxygen atoms in total. The van der Waals surface area contributed by atoms with E-state index >= 15 is 0 Å². The highest BCUT2D eigenvalue weighted by Gasteiger charge is 2.17. The van der Waals surface area contributed by atoms with Gasteiger partial charge in [0.1, 0.15) is 4.90 Å². The van der Waals surface area contributed by atoms with Crippen LogP contribution in [-0.2, 0) is 10.0 Å². The van der Waals surface area contributed by atoms with Gasteiger partial charge >= 0.3 is 0 Å². The van der Waals surface area contributed by atoms with Crippen LogP contribution in [-0.4, -0.2) is 21.5 Å². The Labute approximate surface area is 102 Å². The smallest absolute Gasteiger partial charge is 0.242 e. The zero-order valence-electron chi connectivity index (χ0n) is 9.90. The van der Waals surface area contributed by atoms with Crippen molar-refractivity contribution in [3.8, 4) is 0 Å². The lowest BCUT2D eigenvalue weighted by Gasteiger charge is -2.15. The van der Waals surface area contributed by atoms with Crippen molar-refractivity contribution in [2.24, 2.45) is 0 Å². The highest BCUT2D eigenvalue weighted by atomic mass is 32.2. The van der Waals surface area contributed by atoms with Crippen molar-refractivity contribution in [2.75, 3.05) is 18.1 Å². The summed E-state index contributed by atoms with van der Waals surface area (Å²) in [5.41, 5.74) is 6.50. The summed E-state index contributed by atoms with van der Waals surface area (Å²) in [7, 11) is -2.17. The van der Waals surface area contributed by atoms with Crippen molar-refractivity contribution in [3.63, 3.8) is 0 Å². The normalized spacial score (nSPS) is 13.1. The lowest BCUT2D eigenvalue weighted by molar-refractivity contribution is 0.588. The van der Waals surface area contributed by atoms with Crippen LogP contribution in [0.1, 0.15) is 6.92 Å². The lowest BCUT2D eigenvalue weighted by Crippen LogP contribution is -2.22. The van der Waals surface area contributed by atoms with Crippen molar-refractivity contribution in [2.45, 2.75) is 17.9 Å². The predicted molar refractivity (Wildman–Crippen MR) is 70.4 cm³/mol. The zero-order valence-corrected chi connectivity index (χ0v) is 10.7. The standard InChI is InChI=1S/C11H17N3O2S/c1-4-8(2)14-10-6-5-9(12)7-11(10)17(15,16)13-3/h4-8,13-14H,1,12H2,2-3H3. The molecule has 6 heteroatoms. The first kappa shape index (κ1) is 13.5. The molecule has 17 heavy (non-hydrogen) atoms. The Bertz CT molecular complexity index is 511. The first-order valence-corrected chi connectivity index (χ1v) is 6.61. The summed E-state index contributed by atoms with van der Waals surface area (Å²) in [5, 5.41) is 3.04. The number of rotatable bonds is 5. The second-order valence-electron chi connectivity index (χ2n) is 3.63. The van der Waals surface area contributed by atoms with Gasteiger partial charge in [-0.15, -0.1) is 6.58 Å². The zero-order chi connectivity index (χ0) is 13.1. The molecular formula is C11H17N3O2S. The highest BCUT2D eigenvalue weighted by molar-refractivity contribution is 7.89. The van der Waals surface area contributed by atoms with E-state index in [4.69, 9.17) is 5.73 Å². The number of benzene rings is 1. The number of nitrogens with two attached hydrogens (primary N) is 1. The average molecular weight is 255 g/mol. The highest BCUT2D eigenvalue weighted by Crippen LogP contribution is 2.24. The van der Waals surface area contributed by atoms with Gasteiger partial charge in [0.25, 0.3) is 0 Å². The molecule has 4 N–H and O–H groups in total. The van der Waals surface area contributed by atoms with Gasteiger partial charge in [-0.2, -0.15) is 0 Å². The Morgan fingerprint density at radius 2 is 2.12 bits per heavy atom. The minimum atomic E-state index is -3.53. The van der Waals surface area contributed by atoms with E-state index in [1.54, 1.807) is 18.2 Å². The van der Waals surface area contributed by atoms with Crippen LogP contribution in [0, 0.1) is 0 Å². The number of sulfonamides is 1. The van der Waals surface area contributed by atoms with Gasteiger partial charge in [-0.25, -0.2) is 13.1 Å². The quantitative estimate of drug-likeness (QED) is 0.544. The van der Waals surface area contributed by atoms with Crippen molar-refractivity contribution in [1.82, 2.24) is 4.72 Å². The molecule has 0 amide bonds. The molecule has 0 fully saturated rings. The Morgan fingerprint density at radius 1 is 1.47 bits per heavy atom. The molecule has 0 saturated heterocycles. The van der Waals surface area contributed by atoms with E-state index in [0.717, 1.165) is 0 Å². The largest absolute Gasteiger partial charge is 0.399 e. The third kappa shape index (κ3) is 3.21. The van der Waals surface area contributed by atoms with E-state index in [1.165, 1.54) is 13.1 Å². The van der Waals surface area contributed by atoms with Crippen molar-refractivity contribution >= 4 is 21.4 Å². The Balaban J connectivity index is 3.26. The molecule has 0 aliphatic rings. The van der Waals surface area contributed by atoms with Crippen LogP contribution in [0.4, 0.5) is 11.4 Å². The average Bonchev–Trinajstić information content (AvgIpc) is 2.31. The van der Waals surface area contributed by atoms with Crippen molar-refractivity contribution in [1.29, 1.82) is 0 Å². The summed E-state index contributed by atoms with van der Waals surface area (Å²) in [6.45, 7) is 5.51. The third-order valence-electron chi connectivity index (χ3n) is 2.30. The third-order valence-corrected chi connectivity index (χ3v) is 3.75. The molecule has 1 aromatic rings. The van der Waals surface area contributed by atoms with Gasteiger partial charge in [0.15, 0.2) is 0 Å². The SMILES string of the molecule is C=CC(C)Nc1ccc(N)cc1S(=O)(=O)NC. The van der Waals surface area contributed by atoms with E-state index in [-0.39, 0.29) is 10.9 Å². The van der Waals surface area contributed by atoms with Gasteiger partial charge in [-0.1, -0.05) is 6.08 Å². The molecule has 0 saturated carbocycles. The molecule has 1 unspecified atom stereocenters. The van der Waals surface area contributed by atoms with Crippen molar-refractivity contribution in [3.05, 3.63) is 30.9 Å². The molecule has 0 aliphatic heterocycles. The summed E-state index contributed by atoms with van der Waals surface area (Å²) in [6.07, 6.45) is 1.69. The monoisotopic (exact) mass is 255 g/mol. The van der Waals surface area contributed by atoms with Crippen LogP contribution in [0.25, 0.3) is 0 Å². The fourth-order valence-electron chi connectivity index (χ4n) is 1.29. The van der Waals surface area contributed by atoms with Gasteiger partial charge in [-0.05, 0) is 32.2 Å². The summed E-state index contributed by atoms with van der Waals surface area (Å²) in [4.78, 5) is 0.133. The van der Waals surface area contributed by atoms with Gasteiger partial charge in [0.05, 0.1) is 5.69 Å². The number of hydrogen-bond acceptors (Lipinski definition) is 4. The topological polar surface area (TPSA) is 84.2 Å². The maximum Gasteiger partial charge on any atom is 0.242 e. The first-order valence-electron chi connectivity index (χ1n) is 5.13. The second-order valence-corrected chi connectivity index (χ2v) is 5.49. The number of nitrogens with one attached hydrogen (secondary N) is 2. The number of nitrogen functional groups attached to an aromatic ring is 1. The molecule has 1 rings (SSSR count). The van der Waals surface area contributed by atoms with Crippen LogP contribution in [0.2, 0.25) is 0 Å². The molecular weight excluding hydrogens is 238 g/mol. The predicted octanol–water partition coefficient (Wildman–Crippen LogP) is 1.16. The molecule has 94 valence electrons. The van der Waals surface area contributed by atoms with Crippen LogP contribution in [0.5, 0.6) is 0 Å². The summed E-state index contributed by atoms with van der Waals surface area (Å²) in [6, 6.07) is 4.67. The second kappa shape index (κ2) is 5.20. The molecule has 1 atom stereocenters. The van der Waals surface area contributed by atoms with Crippen LogP contribution in [0.3, 0.4) is 0 Å². The minimum absolute atomic E-state index is 0.0376. The first-order chi connectivity index (χ1) is 7.90. The van der Waals surface area contributed by atoms with Crippen molar-refractivity contribution < 1.29 is 8.42 Å². The van der Waals surface area contributed by atoms with Gasteiger partial charge < -0.3 is 11.1 Å². The van der Waals surface area contributed by atoms with Crippen LogP contribution >= 0.6 is 0 Å².